The number of aliphatic hydroxyl groups excluding tert-OH is 1. The van der Waals surface area contributed by atoms with E-state index < -0.39 is 0 Å². The summed E-state index contributed by atoms with van der Waals surface area (Å²) in [6.45, 7) is 6.74. The number of amides is 2. The summed E-state index contributed by atoms with van der Waals surface area (Å²) in [5.74, 6) is 0.308. The number of rotatable bonds is 7. The molecular formula is C14H24N2O2S. The van der Waals surface area contributed by atoms with Gasteiger partial charge in [-0.3, -0.25) is 0 Å². The molecule has 0 fully saturated rings. The van der Waals surface area contributed by atoms with E-state index in [4.69, 9.17) is 5.11 Å². The van der Waals surface area contributed by atoms with Crippen molar-refractivity contribution in [3.05, 3.63) is 22.4 Å². The molecule has 0 radical (unpaired) electrons. The number of carbonyl (C=O) groups excluding carboxylic acids is 1. The van der Waals surface area contributed by atoms with Crippen LogP contribution in [0.1, 0.15) is 45.1 Å². The van der Waals surface area contributed by atoms with Gasteiger partial charge in [0, 0.05) is 18.7 Å². The number of aliphatic hydroxyl groups is 1. The molecule has 4 nitrogen and oxygen atoms in total. The number of thiophene rings is 1. The monoisotopic (exact) mass is 284 g/mol. The molecule has 1 aromatic heterocycles. The van der Waals surface area contributed by atoms with Crippen LogP contribution in [0.2, 0.25) is 0 Å². The maximum absolute atomic E-state index is 11.9. The molecule has 1 heterocycles. The second-order valence-electron chi connectivity index (χ2n) is 5.18. The van der Waals surface area contributed by atoms with Gasteiger partial charge in [-0.1, -0.05) is 13.8 Å². The summed E-state index contributed by atoms with van der Waals surface area (Å²) in [6.07, 6.45) is 1.36. The molecule has 0 aromatic carbocycles. The van der Waals surface area contributed by atoms with Crippen LogP contribution in [0.3, 0.4) is 0 Å². The van der Waals surface area contributed by atoms with Crippen LogP contribution < -0.4 is 10.6 Å². The number of urea groups is 1. The SMILES string of the molecule is CCC(C)(CCO)NC(=O)NCC(C)c1ccsc1. The number of hydrogen-bond acceptors (Lipinski definition) is 3. The van der Waals surface area contributed by atoms with Gasteiger partial charge in [-0.2, -0.15) is 11.3 Å². The average molecular weight is 284 g/mol. The zero-order chi connectivity index (χ0) is 14.3. The first-order valence-corrected chi connectivity index (χ1v) is 7.64. The number of hydrogen-bond donors (Lipinski definition) is 3. The first kappa shape index (κ1) is 16.0. The molecule has 2 unspecified atom stereocenters. The van der Waals surface area contributed by atoms with Gasteiger partial charge in [0.25, 0.3) is 0 Å². The second-order valence-corrected chi connectivity index (χ2v) is 5.96. The Morgan fingerprint density at radius 2 is 2.32 bits per heavy atom. The van der Waals surface area contributed by atoms with Gasteiger partial charge in [0.1, 0.15) is 0 Å². The highest BCUT2D eigenvalue weighted by molar-refractivity contribution is 7.07. The molecule has 1 rings (SSSR count). The second kappa shape index (κ2) is 7.50. The molecule has 2 amide bonds. The summed E-state index contributed by atoms with van der Waals surface area (Å²) in [6, 6.07) is 1.91. The molecule has 19 heavy (non-hydrogen) atoms. The van der Waals surface area contributed by atoms with Gasteiger partial charge in [-0.05, 0) is 48.1 Å². The first-order valence-electron chi connectivity index (χ1n) is 6.69. The topological polar surface area (TPSA) is 61.4 Å². The molecule has 1 aromatic rings. The van der Waals surface area contributed by atoms with E-state index in [1.807, 2.05) is 19.2 Å². The Bertz CT molecular complexity index is 381. The fourth-order valence-electron chi connectivity index (χ4n) is 1.81. The lowest BCUT2D eigenvalue weighted by Gasteiger charge is -2.29. The summed E-state index contributed by atoms with van der Waals surface area (Å²) >= 11 is 1.67. The van der Waals surface area contributed by atoms with Gasteiger partial charge in [0.15, 0.2) is 0 Å². The fourth-order valence-corrected chi connectivity index (χ4v) is 2.59. The highest BCUT2D eigenvalue weighted by atomic mass is 32.1. The molecule has 0 aliphatic carbocycles. The van der Waals surface area contributed by atoms with Crippen molar-refractivity contribution in [3.8, 4) is 0 Å². The molecule has 0 spiro atoms. The van der Waals surface area contributed by atoms with E-state index in [0.29, 0.717) is 18.9 Å². The molecule has 0 aliphatic heterocycles. The van der Waals surface area contributed by atoms with Crippen molar-refractivity contribution < 1.29 is 9.90 Å². The number of nitrogens with one attached hydrogen (secondary N) is 2. The van der Waals surface area contributed by atoms with Crippen molar-refractivity contribution in [1.29, 1.82) is 0 Å². The molecule has 5 heteroatoms. The van der Waals surface area contributed by atoms with E-state index in [1.54, 1.807) is 11.3 Å². The third-order valence-electron chi connectivity index (χ3n) is 3.54. The lowest BCUT2D eigenvalue weighted by Crippen LogP contribution is -2.50. The molecule has 0 saturated carbocycles. The molecule has 0 aliphatic rings. The summed E-state index contributed by atoms with van der Waals surface area (Å²) < 4.78 is 0. The Morgan fingerprint density at radius 3 is 2.84 bits per heavy atom. The maximum atomic E-state index is 11.9. The Morgan fingerprint density at radius 1 is 1.58 bits per heavy atom. The van der Waals surface area contributed by atoms with E-state index in [-0.39, 0.29) is 18.2 Å². The summed E-state index contributed by atoms with van der Waals surface area (Å²) in [4.78, 5) is 11.9. The largest absolute Gasteiger partial charge is 0.396 e. The van der Waals surface area contributed by atoms with Crippen LogP contribution in [-0.2, 0) is 0 Å². The van der Waals surface area contributed by atoms with Gasteiger partial charge in [0.2, 0.25) is 0 Å². The quantitative estimate of drug-likeness (QED) is 0.721. The van der Waals surface area contributed by atoms with Crippen LogP contribution >= 0.6 is 11.3 Å². The van der Waals surface area contributed by atoms with Gasteiger partial charge in [-0.15, -0.1) is 0 Å². The standard InChI is InChI=1S/C14H24N2O2S/c1-4-14(3,6-7-17)16-13(18)15-9-11(2)12-5-8-19-10-12/h5,8,10-11,17H,4,6-7,9H2,1-3H3,(H2,15,16,18). The van der Waals surface area contributed by atoms with Gasteiger partial charge in [0.05, 0.1) is 0 Å². The number of carbonyl (C=O) groups is 1. The Hall–Kier alpha value is -1.07. The minimum atomic E-state index is -0.343. The van der Waals surface area contributed by atoms with Crippen LogP contribution in [0.15, 0.2) is 16.8 Å². The third kappa shape index (κ3) is 5.20. The van der Waals surface area contributed by atoms with Crippen molar-refractivity contribution in [2.45, 2.75) is 45.1 Å². The van der Waals surface area contributed by atoms with E-state index in [2.05, 4.69) is 29.0 Å². The predicted octanol–water partition coefficient (Wildman–Crippen LogP) is 2.70. The summed E-state index contributed by atoms with van der Waals surface area (Å²) in [7, 11) is 0. The zero-order valence-corrected chi connectivity index (χ0v) is 12.7. The highest BCUT2D eigenvalue weighted by Gasteiger charge is 2.23. The highest BCUT2D eigenvalue weighted by Crippen LogP contribution is 2.17. The molecule has 0 saturated heterocycles. The van der Waals surface area contributed by atoms with E-state index in [0.717, 1.165) is 6.42 Å². The lowest BCUT2D eigenvalue weighted by atomic mass is 9.95. The van der Waals surface area contributed by atoms with Gasteiger partial charge in [-0.25, -0.2) is 4.79 Å². The van der Waals surface area contributed by atoms with E-state index in [1.165, 1.54) is 5.56 Å². The van der Waals surface area contributed by atoms with Gasteiger partial charge < -0.3 is 15.7 Å². The lowest BCUT2D eigenvalue weighted by molar-refractivity contribution is 0.200. The first-order chi connectivity index (χ1) is 9.00. The van der Waals surface area contributed by atoms with Crippen molar-refractivity contribution >= 4 is 17.4 Å². The van der Waals surface area contributed by atoms with Crippen molar-refractivity contribution in [2.24, 2.45) is 0 Å². The van der Waals surface area contributed by atoms with Gasteiger partial charge >= 0.3 is 6.03 Å². The average Bonchev–Trinajstić information content (AvgIpc) is 2.90. The Kier molecular flexibility index (Phi) is 6.31. The maximum Gasteiger partial charge on any atom is 0.315 e. The zero-order valence-electron chi connectivity index (χ0n) is 11.9. The summed E-state index contributed by atoms with van der Waals surface area (Å²) in [5.41, 5.74) is 0.906. The molecule has 2 atom stereocenters. The summed E-state index contributed by atoms with van der Waals surface area (Å²) in [5, 5.41) is 19.0. The van der Waals surface area contributed by atoms with Crippen molar-refractivity contribution in [3.63, 3.8) is 0 Å². The smallest absolute Gasteiger partial charge is 0.315 e. The molecule has 3 N–H and O–H groups in total. The minimum absolute atomic E-state index is 0.0793. The van der Waals surface area contributed by atoms with Crippen molar-refractivity contribution in [2.75, 3.05) is 13.2 Å². The fraction of sp³-hybridized carbons (Fsp3) is 0.643. The normalized spacial score (nSPS) is 15.6. The van der Waals surface area contributed by atoms with Crippen LogP contribution in [0.25, 0.3) is 0 Å². The minimum Gasteiger partial charge on any atom is -0.396 e. The predicted molar refractivity (Wildman–Crippen MR) is 79.7 cm³/mol. The van der Waals surface area contributed by atoms with Crippen molar-refractivity contribution in [1.82, 2.24) is 10.6 Å². The van der Waals surface area contributed by atoms with Crippen LogP contribution in [0.4, 0.5) is 4.79 Å². The molecule has 0 bridgehead atoms. The van der Waals surface area contributed by atoms with Crippen LogP contribution in [0.5, 0.6) is 0 Å². The van der Waals surface area contributed by atoms with Crippen LogP contribution in [0, 0.1) is 0 Å². The molecular weight excluding hydrogens is 260 g/mol. The van der Waals surface area contributed by atoms with E-state index in [9.17, 15) is 4.79 Å². The third-order valence-corrected chi connectivity index (χ3v) is 4.24. The van der Waals surface area contributed by atoms with Crippen LogP contribution in [-0.4, -0.2) is 29.8 Å². The molecule has 108 valence electrons. The Balaban J connectivity index is 2.39. The van der Waals surface area contributed by atoms with E-state index >= 15 is 0 Å². The Labute approximate surface area is 119 Å².